The second-order valence-electron chi connectivity index (χ2n) is 5.52. The number of sulfonamides is 1. The van der Waals surface area contributed by atoms with Gasteiger partial charge in [-0.3, -0.25) is 0 Å². The molecule has 0 aliphatic carbocycles. The molecule has 0 radical (unpaired) electrons. The van der Waals surface area contributed by atoms with Gasteiger partial charge in [-0.2, -0.15) is 0 Å². The largest absolute Gasteiger partial charge is 0.310 e. The molecule has 1 rings (SSSR count). The molecule has 0 bridgehead atoms. The van der Waals surface area contributed by atoms with Gasteiger partial charge in [-0.05, 0) is 31.9 Å². The molecule has 2 N–H and O–H groups in total. The topological polar surface area (TPSA) is 58.2 Å². The minimum absolute atomic E-state index is 0.0235. The molecule has 1 atom stereocenters. The Balaban J connectivity index is 2.83. The summed E-state index contributed by atoms with van der Waals surface area (Å²) in [6, 6.07) is 2.13. The molecule has 20 heavy (non-hydrogen) atoms. The van der Waals surface area contributed by atoms with Crippen molar-refractivity contribution in [2.45, 2.75) is 70.3 Å². The maximum atomic E-state index is 12.3. The minimum Gasteiger partial charge on any atom is -0.310 e. The highest BCUT2D eigenvalue weighted by molar-refractivity contribution is 7.91. The van der Waals surface area contributed by atoms with Gasteiger partial charge < -0.3 is 5.32 Å². The molecule has 0 saturated carbocycles. The first-order valence-electron chi connectivity index (χ1n) is 7.11. The maximum Gasteiger partial charge on any atom is 0.250 e. The van der Waals surface area contributed by atoms with Crippen molar-refractivity contribution in [1.82, 2.24) is 10.0 Å². The van der Waals surface area contributed by atoms with E-state index in [0.29, 0.717) is 16.8 Å². The van der Waals surface area contributed by atoms with Crippen LogP contribution in [0, 0.1) is 6.92 Å². The zero-order valence-corrected chi connectivity index (χ0v) is 14.6. The summed E-state index contributed by atoms with van der Waals surface area (Å²) in [5, 5.41) is 3.32. The smallest absolute Gasteiger partial charge is 0.250 e. The summed E-state index contributed by atoms with van der Waals surface area (Å²) in [7, 11) is -3.38. The van der Waals surface area contributed by atoms with Crippen LogP contribution < -0.4 is 10.0 Å². The number of aryl methyl sites for hydroxylation is 1. The Morgan fingerprint density at radius 2 is 1.95 bits per heavy atom. The van der Waals surface area contributed by atoms with E-state index in [0.717, 1.165) is 23.3 Å². The van der Waals surface area contributed by atoms with E-state index in [4.69, 9.17) is 0 Å². The first kappa shape index (κ1) is 17.6. The van der Waals surface area contributed by atoms with Crippen molar-refractivity contribution in [3.63, 3.8) is 0 Å². The summed E-state index contributed by atoms with van der Waals surface area (Å²) < 4.78 is 27.8. The molecule has 0 saturated heterocycles. The van der Waals surface area contributed by atoms with Gasteiger partial charge in [0.15, 0.2) is 0 Å². The van der Waals surface area contributed by atoms with E-state index in [-0.39, 0.29) is 6.04 Å². The quantitative estimate of drug-likeness (QED) is 0.774. The van der Waals surface area contributed by atoms with Gasteiger partial charge in [-0.25, -0.2) is 13.1 Å². The SMILES string of the molecule is CCCC(C)NS(=O)(=O)c1cc(C)c(CNC(C)C)s1. The summed E-state index contributed by atoms with van der Waals surface area (Å²) in [6.07, 6.45) is 1.82. The van der Waals surface area contributed by atoms with Gasteiger partial charge in [0.1, 0.15) is 4.21 Å². The fourth-order valence-corrected chi connectivity index (χ4v) is 4.74. The van der Waals surface area contributed by atoms with Crippen LogP contribution in [0.2, 0.25) is 0 Å². The van der Waals surface area contributed by atoms with Crippen molar-refractivity contribution in [2.75, 3.05) is 0 Å². The third-order valence-corrected chi connectivity index (χ3v) is 6.31. The van der Waals surface area contributed by atoms with E-state index in [1.807, 2.05) is 13.8 Å². The van der Waals surface area contributed by atoms with Gasteiger partial charge in [-0.1, -0.05) is 27.2 Å². The van der Waals surface area contributed by atoms with E-state index in [1.165, 1.54) is 11.3 Å². The van der Waals surface area contributed by atoms with Crippen molar-refractivity contribution in [2.24, 2.45) is 0 Å². The van der Waals surface area contributed by atoms with Crippen LogP contribution in [-0.4, -0.2) is 20.5 Å². The zero-order valence-electron chi connectivity index (χ0n) is 13.0. The molecule has 0 aromatic carbocycles. The highest BCUT2D eigenvalue weighted by atomic mass is 32.2. The van der Waals surface area contributed by atoms with Gasteiger partial charge in [0.2, 0.25) is 10.0 Å². The van der Waals surface area contributed by atoms with Crippen molar-refractivity contribution in [1.29, 1.82) is 0 Å². The molecule has 1 unspecified atom stereocenters. The molecule has 1 aromatic rings. The Kier molecular flexibility index (Phi) is 6.64. The Labute approximate surface area is 127 Å². The third-order valence-electron chi connectivity index (χ3n) is 3.01. The standard InChI is InChI=1S/C14H26N2O2S2/c1-6-7-12(5)16-20(17,18)14-8-11(4)13(19-14)9-15-10(2)3/h8,10,12,15-16H,6-7,9H2,1-5H3. The van der Waals surface area contributed by atoms with Crippen LogP contribution in [0.25, 0.3) is 0 Å². The second kappa shape index (κ2) is 7.54. The predicted octanol–water partition coefficient (Wildman–Crippen LogP) is 3.02. The first-order chi connectivity index (χ1) is 9.26. The first-order valence-corrected chi connectivity index (χ1v) is 9.41. The summed E-state index contributed by atoms with van der Waals surface area (Å²) in [5.74, 6) is 0. The molecule has 0 fully saturated rings. The van der Waals surface area contributed by atoms with Crippen molar-refractivity contribution < 1.29 is 8.42 Å². The van der Waals surface area contributed by atoms with Gasteiger partial charge >= 0.3 is 0 Å². The van der Waals surface area contributed by atoms with Crippen LogP contribution in [0.5, 0.6) is 0 Å². The van der Waals surface area contributed by atoms with Gasteiger partial charge in [0.05, 0.1) is 0 Å². The summed E-state index contributed by atoms with van der Waals surface area (Å²) >= 11 is 1.36. The fourth-order valence-electron chi connectivity index (χ4n) is 1.91. The molecule has 0 aliphatic heterocycles. The Hall–Kier alpha value is -0.430. The van der Waals surface area contributed by atoms with E-state index in [1.54, 1.807) is 6.07 Å². The molecular formula is C14H26N2O2S2. The van der Waals surface area contributed by atoms with Crippen LogP contribution in [-0.2, 0) is 16.6 Å². The van der Waals surface area contributed by atoms with Crippen LogP contribution in [0.15, 0.2) is 10.3 Å². The average molecular weight is 319 g/mol. The van der Waals surface area contributed by atoms with Gasteiger partial charge in [0, 0.05) is 23.5 Å². The van der Waals surface area contributed by atoms with Crippen LogP contribution in [0.1, 0.15) is 51.0 Å². The molecule has 0 aliphatic rings. The van der Waals surface area contributed by atoms with Crippen LogP contribution in [0.3, 0.4) is 0 Å². The van der Waals surface area contributed by atoms with Gasteiger partial charge in [0.25, 0.3) is 0 Å². The molecule has 0 amide bonds. The average Bonchev–Trinajstić information content (AvgIpc) is 2.68. The van der Waals surface area contributed by atoms with Crippen molar-refractivity contribution in [3.05, 3.63) is 16.5 Å². The number of thiophene rings is 1. The predicted molar refractivity (Wildman–Crippen MR) is 85.7 cm³/mol. The summed E-state index contributed by atoms with van der Waals surface area (Å²) in [5.41, 5.74) is 1.03. The Morgan fingerprint density at radius 3 is 2.50 bits per heavy atom. The van der Waals surface area contributed by atoms with E-state index >= 15 is 0 Å². The monoisotopic (exact) mass is 318 g/mol. The lowest BCUT2D eigenvalue weighted by Gasteiger charge is -2.11. The number of hydrogen-bond donors (Lipinski definition) is 2. The lowest BCUT2D eigenvalue weighted by Crippen LogP contribution is -2.31. The van der Waals surface area contributed by atoms with Crippen molar-refractivity contribution in [3.8, 4) is 0 Å². The normalized spacial score (nSPS) is 13.9. The van der Waals surface area contributed by atoms with E-state index in [9.17, 15) is 8.42 Å². The zero-order chi connectivity index (χ0) is 15.3. The van der Waals surface area contributed by atoms with Crippen LogP contribution in [0.4, 0.5) is 0 Å². The molecule has 4 nitrogen and oxygen atoms in total. The van der Waals surface area contributed by atoms with Crippen LogP contribution >= 0.6 is 11.3 Å². The highest BCUT2D eigenvalue weighted by Gasteiger charge is 2.20. The van der Waals surface area contributed by atoms with E-state index in [2.05, 4.69) is 30.8 Å². The minimum atomic E-state index is -3.38. The Bertz CT molecular complexity index is 521. The molecule has 0 spiro atoms. The lowest BCUT2D eigenvalue weighted by atomic mass is 10.2. The molecule has 6 heteroatoms. The second-order valence-corrected chi connectivity index (χ2v) is 8.60. The number of rotatable bonds is 8. The summed E-state index contributed by atoms with van der Waals surface area (Å²) in [6.45, 7) is 10.8. The fraction of sp³-hybridized carbons (Fsp3) is 0.714. The van der Waals surface area contributed by atoms with E-state index < -0.39 is 10.0 Å². The van der Waals surface area contributed by atoms with Gasteiger partial charge in [-0.15, -0.1) is 11.3 Å². The third kappa shape index (κ3) is 5.16. The molecular weight excluding hydrogens is 292 g/mol. The highest BCUT2D eigenvalue weighted by Crippen LogP contribution is 2.26. The number of hydrogen-bond acceptors (Lipinski definition) is 4. The Morgan fingerprint density at radius 1 is 1.30 bits per heavy atom. The lowest BCUT2D eigenvalue weighted by molar-refractivity contribution is 0.545. The summed E-state index contributed by atoms with van der Waals surface area (Å²) in [4.78, 5) is 1.09. The molecule has 116 valence electrons. The maximum absolute atomic E-state index is 12.3. The molecule has 1 aromatic heterocycles. The molecule has 1 heterocycles. The number of nitrogens with one attached hydrogen (secondary N) is 2. The van der Waals surface area contributed by atoms with Crippen molar-refractivity contribution >= 4 is 21.4 Å².